The molecule has 2 aliphatic rings. The standard InChI is InChI=1S/C14H22N4O4/c1-3-4-10(18-7-13(21)16-14(22)8-18)9(2)17-5-11(19)15-12(20)6-17/h9-10H,3-8H2,1-2H3,(H,15,19,20)(H,16,21,22)/t9-,10+/m1/s1. The van der Waals surface area contributed by atoms with E-state index < -0.39 is 0 Å². The average molecular weight is 310 g/mol. The SMILES string of the molecule is CCC[C@@H]([C@@H](C)N1CC(=O)NC(=O)C1)N1CC(=O)NC(=O)C1. The second-order valence-corrected chi connectivity index (χ2v) is 5.85. The van der Waals surface area contributed by atoms with Gasteiger partial charge in [0, 0.05) is 12.1 Å². The minimum atomic E-state index is -0.314. The summed E-state index contributed by atoms with van der Waals surface area (Å²) in [5.41, 5.74) is 0. The predicted octanol–water partition coefficient (Wildman–Crippen LogP) is -1.54. The van der Waals surface area contributed by atoms with Crippen molar-refractivity contribution in [1.82, 2.24) is 20.4 Å². The number of carbonyl (C=O) groups is 4. The average Bonchev–Trinajstić information content (AvgIpc) is 2.41. The first-order valence-corrected chi connectivity index (χ1v) is 7.54. The second kappa shape index (κ2) is 6.97. The van der Waals surface area contributed by atoms with Crippen molar-refractivity contribution in [3.8, 4) is 0 Å². The summed E-state index contributed by atoms with van der Waals surface area (Å²) >= 11 is 0. The molecule has 2 rings (SSSR count). The Morgan fingerprint density at radius 1 is 0.864 bits per heavy atom. The van der Waals surface area contributed by atoms with Crippen molar-refractivity contribution in [1.29, 1.82) is 0 Å². The van der Waals surface area contributed by atoms with Crippen LogP contribution in [0, 0.1) is 0 Å². The number of nitrogens with one attached hydrogen (secondary N) is 2. The molecule has 0 aromatic carbocycles. The van der Waals surface area contributed by atoms with Gasteiger partial charge in [0.1, 0.15) is 0 Å². The normalized spacial score (nSPS) is 23.9. The summed E-state index contributed by atoms with van der Waals surface area (Å²) in [6.45, 7) is 4.59. The Balaban J connectivity index is 2.12. The van der Waals surface area contributed by atoms with Gasteiger partial charge in [0.25, 0.3) is 0 Å². The number of amides is 4. The van der Waals surface area contributed by atoms with Crippen molar-refractivity contribution < 1.29 is 19.2 Å². The summed E-state index contributed by atoms with van der Waals surface area (Å²) < 4.78 is 0. The minimum Gasteiger partial charge on any atom is -0.294 e. The zero-order chi connectivity index (χ0) is 16.3. The summed E-state index contributed by atoms with van der Waals surface area (Å²) in [5.74, 6) is -1.24. The Morgan fingerprint density at radius 3 is 1.68 bits per heavy atom. The zero-order valence-electron chi connectivity index (χ0n) is 12.9. The van der Waals surface area contributed by atoms with Crippen molar-refractivity contribution in [2.24, 2.45) is 0 Å². The van der Waals surface area contributed by atoms with E-state index in [2.05, 4.69) is 10.6 Å². The van der Waals surface area contributed by atoms with Crippen LogP contribution in [0.4, 0.5) is 0 Å². The monoisotopic (exact) mass is 310 g/mol. The van der Waals surface area contributed by atoms with Crippen LogP contribution in [0.3, 0.4) is 0 Å². The first kappa shape index (κ1) is 16.6. The van der Waals surface area contributed by atoms with E-state index in [4.69, 9.17) is 0 Å². The van der Waals surface area contributed by atoms with Gasteiger partial charge in [-0.15, -0.1) is 0 Å². The van der Waals surface area contributed by atoms with Crippen LogP contribution in [0.5, 0.6) is 0 Å². The van der Waals surface area contributed by atoms with E-state index in [1.807, 2.05) is 18.7 Å². The van der Waals surface area contributed by atoms with Crippen molar-refractivity contribution in [2.75, 3.05) is 26.2 Å². The van der Waals surface area contributed by atoms with Crippen LogP contribution < -0.4 is 10.6 Å². The van der Waals surface area contributed by atoms with Crippen LogP contribution in [0.2, 0.25) is 0 Å². The number of rotatable bonds is 5. The van der Waals surface area contributed by atoms with Gasteiger partial charge >= 0.3 is 0 Å². The van der Waals surface area contributed by atoms with E-state index in [1.165, 1.54) is 0 Å². The molecule has 2 N–H and O–H groups in total. The van der Waals surface area contributed by atoms with Gasteiger partial charge in [0.05, 0.1) is 26.2 Å². The Bertz CT molecular complexity index is 461. The van der Waals surface area contributed by atoms with Gasteiger partial charge < -0.3 is 0 Å². The molecule has 122 valence electrons. The lowest BCUT2D eigenvalue weighted by molar-refractivity contribution is -0.142. The molecule has 2 fully saturated rings. The van der Waals surface area contributed by atoms with Crippen molar-refractivity contribution in [3.05, 3.63) is 0 Å². The Hall–Kier alpha value is -1.80. The minimum absolute atomic E-state index is 0.0568. The molecule has 4 amide bonds. The van der Waals surface area contributed by atoms with E-state index >= 15 is 0 Å². The highest BCUT2D eigenvalue weighted by Crippen LogP contribution is 2.18. The van der Waals surface area contributed by atoms with Gasteiger partial charge in [0.2, 0.25) is 23.6 Å². The summed E-state index contributed by atoms with van der Waals surface area (Å²) in [4.78, 5) is 49.9. The fraction of sp³-hybridized carbons (Fsp3) is 0.714. The highest BCUT2D eigenvalue weighted by Gasteiger charge is 2.36. The molecule has 8 heteroatoms. The van der Waals surface area contributed by atoms with Crippen molar-refractivity contribution in [2.45, 2.75) is 38.8 Å². The number of imide groups is 2. The molecule has 0 aromatic rings. The van der Waals surface area contributed by atoms with Crippen molar-refractivity contribution in [3.63, 3.8) is 0 Å². The van der Waals surface area contributed by atoms with Crippen LogP contribution in [0.1, 0.15) is 26.7 Å². The van der Waals surface area contributed by atoms with E-state index in [-0.39, 0.29) is 61.9 Å². The van der Waals surface area contributed by atoms with E-state index in [0.29, 0.717) is 0 Å². The molecule has 8 nitrogen and oxygen atoms in total. The largest absolute Gasteiger partial charge is 0.294 e. The third kappa shape index (κ3) is 3.89. The topological polar surface area (TPSA) is 98.8 Å². The molecule has 2 atom stereocenters. The molecule has 0 aromatic heterocycles. The first-order chi connectivity index (χ1) is 10.4. The maximum Gasteiger partial charge on any atom is 0.240 e. The zero-order valence-corrected chi connectivity index (χ0v) is 12.9. The molecule has 0 radical (unpaired) electrons. The van der Waals surface area contributed by atoms with Crippen LogP contribution in [-0.2, 0) is 19.2 Å². The van der Waals surface area contributed by atoms with Gasteiger partial charge in [-0.3, -0.25) is 39.6 Å². The fourth-order valence-electron chi connectivity index (χ4n) is 3.11. The maximum atomic E-state index is 11.6. The number of hydrogen-bond donors (Lipinski definition) is 2. The maximum absolute atomic E-state index is 11.6. The summed E-state index contributed by atoms with van der Waals surface area (Å²) in [6.07, 6.45) is 1.67. The molecule has 2 heterocycles. The van der Waals surface area contributed by atoms with Crippen LogP contribution in [-0.4, -0.2) is 71.7 Å². The lowest BCUT2D eigenvalue weighted by Gasteiger charge is -2.42. The van der Waals surface area contributed by atoms with Crippen LogP contribution in [0.25, 0.3) is 0 Å². The number of hydrogen-bond acceptors (Lipinski definition) is 6. The van der Waals surface area contributed by atoms with Gasteiger partial charge in [-0.1, -0.05) is 13.3 Å². The molecular weight excluding hydrogens is 288 g/mol. The smallest absolute Gasteiger partial charge is 0.240 e. The van der Waals surface area contributed by atoms with Gasteiger partial charge in [-0.25, -0.2) is 0 Å². The quantitative estimate of drug-likeness (QED) is 0.597. The second-order valence-electron chi connectivity index (χ2n) is 5.85. The number of piperazine rings is 2. The Morgan fingerprint density at radius 2 is 1.27 bits per heavy atom. The summed E-state index contributed by atoms with van der Waals surface area (Å²) in [7, 11) is 0. The third-order valence-electron chi connectivity index (χ3n) is 4.13. The van der Waals surface area contributed by atoms with Gasteiger partial charge in [-0.05, 0) is 13.3 Å². The molecule has 0 aliphatic carbocycles. The number of carbonyl (C=O) groups excluding carboxylic acids is 4. The highest BCUT2D eigenvalue weighted by molar-refractivity contribution is 6.00. The van der Waals surface area contributed by atoms with E-state index in [9.17, 15) is 19.2 Å². The molecule has 2 saturated heterocycles. The molecule has 0 unspecified atom stereocenters. The Labute approximate surface area is 129 Å². The predicted molar refractivity (Wildman–Crippen MR) is 77.6 cm³/mol. The van der Waals surface area contributed by atoms with Gasteiger partial charge in [-0.2, -0.15) is 0 Å². The first-order valence-electron chi connectivity index (χ1n) is 7.54. The molecule has 0 bridgehead atoms. The highest BCUT2D eigenvalue weighted by atomic mass is 16.2. The van der Waals surface area contributed by atoms with E-state index in [0.717, 1.165) is 12.8 Å². The lowest BCUT2D eigenvalue weighted by atomic mass is 9.99. The summed E-state index contributed by atoms with van der Waals surface area (Å²) in [6, 6.07) is -0.160. The molecule has 2 aliphatic heterocycles. The van der Waals surface area contributed by atoms with E-state index in [1.54, 1.807) is 4.90 Å². The molecule has 0 spiro atoms. The molecular formula is C14H22N4O4. The molecule has 22 heavy (non-hydrogen) atoms. The lowest BCUT2D eigenvalue weighted by Crippen LogP contribution is -2.62. The number of nitrogens with zero attached hydrogens (tertiary/aromatic N) is 2. The van der Waals surface area contributed by atoms with Crippen LogP contribution >= 0.6 is 0 Å². The third-order valence-corrected chi connectivity index (χ3v) is 4.13. The molecule has 0 saturated carbocycles. The fourth-order valence-corrected chi connectivity index (χ4v) is 3.11. The van der Waals surface area contributed by atoms with Gasteiger partial charge in [0.15, 0.2) is 0 Å². The van der Waals surface area contributed by atoms with Crippen LogP contribution in [0.15, 0.2) is 0 Å². The van der Waals surface area contributed by atoms with Crippen molar-refractivity contribution >= 4 is 23.6 Å². The summed E-state index contributed by atoms with van der Waals surface area (Å²) in [5, 5.41) is 4.56. The Kier molecular flexibility index (Phi) is 5.25.